The van der Waals surface area contributed by atoms with Crippen LogP contribution >= 0.6 is 11.3 Å². The van der Waals surface area contributed by atoms with Gasteiger partial charge in [0.1, 0.15) is 0 Å². The first kappa shape index (κ1) is 14.6. The Morgan fingerprint density at radius 1 is 1.29 bits per heavy atom. The van der Waals surface area contributed by atoms with Gasteiger partial charge in [-0.2, -0.15) is 0 Å². The summed E-state index contributed by atoms with van der Waals surface area (Å²) < 4.78 is 10.4. The first-order valence-corrected chi connectivity index (χ1v) is 6.92. The second-order valence-electron chi connectivity index (χ2n) is 4.08. The Kier molecular flexibility index (Phi) is 7.44. The molecule has 1 aromatic rings. The van der Waals surface area contributed by atoms with Crippen LogP contribution in [-0.2, 0) is 9.47 Å². The molecule has 0 spiro atoms. The van der Waals surface area contributed by atoms with Gasteiger partial charge >= 0.3 is 0 Å². The molecule has 0 amide bonds. The average Bonchev–Trinajstić information content (AvgIpc) is 2.74. The molecule has 1 atom stereocenters. The molecule has 17 heavy (non-hydrogen) atoms. The normalized spacial score (nSPS) is 12.9. The van der Waals surface area contributed by atoms with E-state index in [-0.39, 0.29) is 0 Å². The molecule has 3 nitrogen and oxygen atoms in total. The molecule has 0 aliphatic carbocycles. The summed E-state index contributed by atoms with van der Waals surface area (Å²) in [5.41, 5.74) is 0. The fourth-order valence-electron chi connectivity index (χ4n) is 1.54. The van der Waals surface area contributed by atoms with Gasteiger partial charge in [0.15, 0.2) is 0 Å². The number of thiophene rings is 1. The molecular formula is C13H23NO2S. The summed E-state index contributed by atoms with van der Waals surface area (Å²) >= 11 is 1.85. The predicted molar refractivity (Wildman–Crippen MR) is 72.8 cm³/mol. The maximum absolute atomic E-state index is 5.49. The SMILES string of the molecule is COCCCOCCNC(C)c1ccc(C)s1. The average molecular weight is 257 g/mol. The van der Waals surface area contributed by atoms with Crippen LogP contribution in [0.3, 0.4) is 0 Å². The maximum Gasteiger partial charge on any atom is 0.0591 e. The maximum atomic E-state index is 5.49. The minimum atomic E-state index is 0.413. The van der Waals surface area contributed by atoms with Gasteiger partial charge < -0.3 is 14.8 Å². The van der Waals surface area contributed by atoms with E-state index in [9.17, 15) is 0 Å². The Labute approximate surface area is 108 Å². The molecule has 1 unspecified atom stereocenters. The molecule has 0 aliphatic heterocycles. The fraction of sp³-hybridized carbons (Fsp3) is 0.692. The van der Waals surface area contributed by atoms with Crippen LogP contribution in [0.4, 0.5) is 0 Å². The Bertz CT molecular complexity index is 301. The van der Waals surface area contributed by atoms with E-state index in [2.05, 4.69) is 31.3 Å². The molecule has 4 heteroatoms. The molecule has 0 aliphatic rings. The minimum absolute atomic E-state index is 0.413. The van der Waals surface area contributed by atoms with Crippen LogP contribution in [0.1, 0.15) is 29.1 Å². The second-order valence-corrected chi connectivity index (χ2v) is 5.40. The number of aryl methyl sites for hydroxylation is 1. The summed E-state index contributed by atoms with van der Waals surface area (Å²) in [5.74, 6) is 0. The van der Waals surface area contributed by atoms with E-state index < -0.39 is 0 Å². The Hall–Kier alpha value is -0.420. The monoisotopic (exact) mass is 257 g/mol. The zero-order valence-electron chi connectivity index (χ0n) is 11.0. The summed E-state index contributed by atoms with van der Waals surface area (Å²) in [6, 6.07) is 4.77. The minimum Gasteiger partial charge on any atom is -0.385 e. The van der Waals surface area contributed by atoms with Crippen LogP contribution in [-0.4, -0.2) is 33.5 Å². The Balaban J connectivity index is 2.03. The highest BCUT2D eigenvalue weighted by molar-refractivity contribution is 7.12. The van der Waals surface area contributed by atoms with E-state index in [0.717, 1.165) is 32.8 Å². The van der Waals surface area contributed by atoms with Crippen LogP contribution < -0.4 is 5.32 Å². The summed E-state index contributed by atoms with van der Waals surface area (Å²) in [7, 11) is 1.71. The topological polar surface area (TPSA) is 30.5 Å². The van der Waals surface area contributed by atoms with Gasteiger partial charge in [0.25, 0.3) is 0 Å². The van der Waals surface area contributed by atoms with Gasteiger partial charge in [0, 0.05) is 42.7 Å². The van der Waals surface area contributed by atoms with E-state index in [1.165, 1.54) is 9.75 Å². The van der Waals surface area contributed by atoms with E-state index in [1.54, 1.807) is 7.11 Å². The molecule has 0 aromatic carbocycles. The molecule has 98 valence electrons. The summed E-state index contributed by atoms with van der Waals surface area (Å²) in [4.78, 5) is 2.76. The van der Waals surface area contributed by atoms with E-state index in [0.29, 0.717) is 6.04 Å². The van der Waals surface area contributed by atoms with Crippen molar-refractivity contribution in [2.24, 2.45) is 0 Å². The van der Waals surface area contributed by atoms with Crippen molar-refractivity contribution in [1.82, 2.24) is 5.32 Å². The quantitative estimate of drug-likeness (QED) is 0.690. The van der Waals surface area contributed by atoms with Crippen LogP contribution in [0, 0.1) is 6.92 Å². The summed E-state index contributed by atoms with van der Waals surface area (Å²) in [5, 5.41) is 3.46. The number of nitrogens with one attached hydrogen (secondary N) is 1. The van der Waals surface area contributed by atoms with Crippen molar-refractivity contribution in [2.75, 3.05) is 33.5 Å². The van der Waals surface area contributed by atoms with Crippen molar-refractivity contribution >= 4 is 11.3 Å². The predicted octanol–water partition coefficient (Wildman–Crippen LogP) is 2.76. The first-order valence-electron chi connectivity index (χ1n) is 6.10. The molecule has 0 radical (unpaired) electrons. The fourth-order valence-corrected chi connectivity index (χ4v) is 2.45. The van der Waals surface area contributed by atoms with E-state index >= 15 is 0 Å². The number of hydrogen-bond donors (Lipinski definition) is 1. The lowest BCUT2D eigenvalue weighted by molar-refractivity contribution is 0.103. The highest BCUT2D eigenvalue weighted by atomic mass is 32.1. The molecule has 0 bridgehead atoms. The number of hydrogen-bond acceptors (Lipinski definition) is 4. The smallest absolute Gasteiger partial charge is 0.0591 e. The van der Waals surface area contributed by atoms with E-state index in [4.69, 9.17) is 9.47 Å². The molecule has 1 heterocycles. The Morgan fingerprint density at radius 3 is 2.76 bits per heavy atom. The van der Waals surface area contributed by atoms with Crippen molar-refractivity contribution in [3.63, 3.8) is 0 Å². The van der Waals surface area contributed by atoms with Gasteiger partial charge in [-0.3, -0.25) is 0 Å². The lowest BCUT2D eigenvalue weighted by Crippen LogP contribution is -2.22. The molecule has 0 saturated carbocycles. The molecule has 0 saturated heterocycles. The zero-order valence-corrected chi connectivity index (χ0v) is 11.8. The van der Waals surface area contributed by atoms with Gasteiger partial charge in [-0.25, -0.2) is 0 Å². The van der Waals surface area contributed by atoms with Gasteiger partial charge in [0.05, 0.1) is 6.61 Å². The standard InChI is InChI=1S/C13H23NO2S/c1-11-5-6-13(17-11)12(2)14-7-10-16-9-4-8-15-3/h5-6,12,14H,4,7-10H2,1-3H3. The van der Waals surface area contributed by atoms with Crippen LogP contribution in [0.2, 0.25) is 0 Å². The van der Waals surface area contributed by atoms with Gasteiger partial charge in [-0.05, 0) is 32.4 Å². The molecular weight excluding hydrogens is 234 g/mol. The van der Waals surface area contributed by atoms with Crippen molar-refractivity contribution < 1.29 is 9.47 Å². The summed E-state index contributed by atoms with van der Waals surface area (Å²) in [6.45, 7) is 7.54. The summed E-state index contributed by atoms with van der Waals surface area (Å²) in [6.07, 6.45) is 0.968. The van der Waals surface area contributed by atoms with Crippen LogP contribution in [0.5, 0.6) is 0 Å². The van der Waals surface area contributed by atoms with Crippen molar-refractivity contribution in [3.05, 3.63) is 21.9 Å². The van der Waals surface area contributed by atoms with Gasteiger partial charge in [-0.1, -0.05) is 0 Å². The molecule has 0 fully saturated rings. The van der Waals surface area contributed by atoms with Crippen molar-refractivity contribution in [1.29, 1.82) is 0 Å². The highest BCUT2D eigenvalue weighted by Crippen LogP contribution is 2.21. The first-order chi connectivity index (χ1) is 8.24. The lowest BCUT2D eigenvalue weighted by atomic mass is 10.3. The molecule has 1 N–H and O–H groups in total. The third kappa shape index (κ3) is 6.17. The van der Waals surface area contributed by atoms with Crippen molar-refractivity contribution in [2.45, 2.75) is 26.3 Å². The van der Waals surface area contributed by atoms with Gasteiger partial charge in [0.2, 0.25) is 0 Å². The number of rotatable bonds is 9. The third-order valence-corrected chi connectivity index (χ3v) is 3.71. The van der Waals surface area contributed by atoms with Crippen LogP contribution in [0.25, 0.3) is 0 Å². The highest BCUT2D eigenvalue weighted by Gasteiger charge is 2.05. The number of ether oxygens (including phenoxy) is 2. The Morgan fingerprint density at radius 2 is 2.12 bits per heavy atom. The zero-order chi connectivity index (χ0) is 12.5. The van der Waals surface area contributed by atoms with Crippen LogP contribution in [0.15, 0.2) is 12.1 Å². The van der Waals surface area contributed by atoms with Crippen molar-refractivity contribution in [3.8, 4) is 0 Å². The lowest BCUT2D eigenvalue weighted by Gasteiger charge is -2.12. The largest absolute Gasteiger partial charge is 0.385 e. The van der Waals surface area contributed by atoms with E-state index in [1.807, 2.05) is 11.3 Å². The molecule has 1 aromatic heterocycles. The van der Waals surface area contributed by atoms with Gasteiger partial charge in [-0.15, -0.1) is 11.3 Å². The second kappa shape index (κ2) is 8.64. The number of methoxy groups -OCH3 is 1. The molecule has 1 rings (SSSR count). The third-order valence-electron chi connectivity index (χ3n) is 2.52.